The molecule has 2 aromatic carbocycles. The fraction of sp³-hybridized carbons (Fsp3) is 0.238. The number of carbonyl (C=O) groups excluding carboxylic acids is 1. The molecule has 0 saturated heterocycles. The second-order valence-electron chi connectivity index (χ2n) is 6.57. The summed E-state index contributed by atoms with van der Waals surface area (Å²) in [5, 5.41) is 9.55. The minimum Gasteiger partial charge on any atom is -0.467 e. The average Bonchev–Trinajstić information content (AvgIpc) is 3.18. The van der Waals surface area contributed by atoms with Crippen molar-refractivity contribution in [2.75, 3.05) is 20.2 Å². The van der Waals surface area contributed by atoms with E-state index in [2.05, 4.69) is 15.7 Å². The van der Waals surface area contributed by atoms with Crippen LogP contribution in [0.25, 0.3) is 5.69 Å². The van der Waals surface area contributed by atoms with Crippen LogP contribution in [0, 0.1) is 0 Å². The number of ether oxygens (including phenoxy) is 1. The number of para-hydroxylation sites is 1. The number of nitrogens with one attached hydrogen (secondary N) is 2. The second-order valence-corrected chi connectivity index (χ2v) is 6.98. The van der Waals surface area contributed by atoms with Crippen molar-refractivity contribution in [1.29, 1.82) is 0 Å². The van der Waals surface area contributed by atoms with Crippen LogP contribution in [-0.4, -0.2) is 35.9 Å². The molecule has 1 amide bonds. The number of nitrogens with zero attached hydrogens (tertiary/aromatic N) is 2. The van der Waals surface area contributed by atoms with Gasteiger partial charge in [0.2, 0.25) is 5.88 Å². The Labute approximate surface area is 182 Å². The molecule has 6 nitrogen and oxygen atoms in total. The van der Waals surface area contributed by atoms with Crippen LogP contribution in [0.2, 0.25) is 5.02 Å². The van der Waals surface area contributed by atoms with Crippen molar-refractivity contribution in [1.82, 2.24) is 20.4 Å². The maximum absolute atomic E-state index is 13.2. The van der Waals surface area contributed by atoms with Crippen molar-refractivity contribution in [3.63, 3.8) is 0 Å². The third-order valence-corrected chi connectivity index (χ3v) is 4.77. The minimum absolute atomic E-state index is 0.129. The first-order valence-electron chi connectivity index (χ1n) is 9.33. The summed E-state index contributed by atoms with van der Waals surface area (Å²) < 4.78 is 45.8. The third-order valence-electron chi connectivity index (χ3n) is 4.45. The van der Waals surface area contributed by atoms with Crippen LogP contribution in [0.1, 0.15) is 17.3 Å². The molecule has 0 fully saturated rings. The highest BCUT2D eigenvalue weighted by Gasteiger charge is 2.36. The first kappa shape index (κ1) is 22.6. The van der Waals surface area contributed by atoms with E-state index in [9.17, 15) is 18.0 Å². The van der Waals surface area contributed by atoms with Gasteiger partial charge in [-0.05, 0) is 24.7 Å². The van der Waals surface area contributed by atoms with Gasteiger partial charge in [0, 0.05) is 18.7 Å². The van der Waals surface area contributed by atoms with Crippen LogP contribution in [0.5, 0.6) is 5.88 Å². The largest absolute Gasteiger partial charge is 0.467 e. The molecule has 0 bridgehead atoms. The molecule has 1 aromatic heterocycles. The predicted molar refractivity (Wildman–Crippen MR) is 110 cm³/mol. The van der Waals surface area contributed by atoms with E-state index >= 15 is 0 Å². The lowest BCUT2D eigenvalue weighted by Crippen LogP contribution is -2.36. The van der Waals surface area contributed by atoms with Crippen molar-refractivity contribution >= 4 is 17.5 Å². The van der Waals surface area contributed by atoms with Crippen LogP contribution >= 0.6 is 11.6 Å². The van der Waals surface area contributed by atoms with Gasteiger partial charge in [-0.15, -0.1) is 0 Å². The molecule has 1 heterocycles. The van der Waals surface area contributed by atoms with Gasteiger partial charge in [0.1, 0.15) is 0 Å². The van der Waals surface area contributed by atoms with Crippen LogP contribution in [0.4, 0.5) is 13.2 Å². The van der Waals surface area contributed by atoms with Gasteiger partial charge in [0.05, 0.1) is 10.7 Å². The predicted octanol–water partition coefficient (Wildman–Crippen LogP) is 4.00. The maximum Gasteiger partial charge on any atom is 0.435 e. The Bertz CT molecular complexity index is 1020. The Morgan fingerprint density at radius 3 is 2.48 bits per heavy atom. The molecule has 0 aliphatic rings. The smallest absolute Gasteiger partial charge is 0.435 e. The lowest BCUT2D eigenvalue weighted by Gasteiger charge is -2.17. The summed E-state index contributed by atoms with van der Waals surface area (Å²) in [6, 6.07) is 16.4. The number of rotatable bonds is 8. The molecule has 1 unspecified atom stereocenters. The molecule has 0 saturated carbocycles. The summed E-state index contributed by atoms with van der Waals surface area (Å²) in [6.07, 6.45) is -4.68. The molecule has 3 rings (SSSR count). The molecule has 10 heteroatoms. The van der Waals surface area contributed by atoms with E-state index < -0.39 is 24.4 Å². The molecule has 0 spiro atoms. The first-order chi connectivity index (χ1) is 14.8. The fourth-order valence-corrected chi connectivity index (χ4v) is 3.10. The topological polar surface area (TPSA) is 68.2 Å². The zero-order valence-corrected chi connectivity index (χ0v) is 17.2. The van der Waals surface area contributed by atoms with Crippen LogP contribution in [-0.2, 0) is 11.0 Å². The maximum atomic E-state index is 13.2. The quantitative estimate of drug-likeness (QED) is 0.542. The van der Waals surface area contributed by atoms with E-state index in [-0.39, 0.29) is 29.2 Å². The Balaban J connectivity index is 1.70. The zero-order chi connectivity index (χ0) is 22.4. The van der Waals surface area contributed by atoms with Gasteiger partial charge in [0.15, 0.2) is 12.3 Å². The Morgan fingerprint density at radius 1 is 1.16 bits per heavy atom. The molecule has 0 aliphatic heterocycles. The molecule has 3 aromatic rings. The van der Waals surface area contributed by atoms with E-state index in [0.29, 0.717) is 0 Å². The molecule has 0 radical (unpaired) electrons. The summed E-state index contributed by atoms with van der Waals surface area (Å²) in [5.74, 6) is -0.736. The first-order valence-corrected chi connectivity index (χ1v) is 9.71. The lowest BCUT2D eigenvalue weighted by atomic mass is 10.1. The van der Waals surface area contributed by atoms with Gasteiger partial charge in [-0.3, -0.25) is 4.79 Å². The van der Waals surface area contributed by atoms with Gasteiger partial charge in [0.25, 0.3) is 5.91 Å². The van der Waals surface area contributed by atoms with E-state index in [4.69, 9.17) is 16.3 Å². The van der Waals surface area contributed by atoms with Crippen LogP contribution in [0.15, 0.2) is 60.7 Å². The molecule has 2 N–H and O–H groups in total. The molecule has 164 valence electrons. The van der Waals surface area contributed by atoms with Crippen molar-refractivity contribution in [2.24, 2.45) is 0 Å². The number of hydrogen-bond donors (Lipinski definition) is 2. The number of halogens is 4. The number of alkyl halides is 3. The Kier molecular flexibility index (Phi) is 7.19. The molecular weight excluding hydrogens is 433 g/mol. The zero-order valence-electron chi connectivity index (χ0n) is 16.5. The van der Waals surface area contributed by atoms with E-state index in [1.54, 1.807) is 19.2 Å². The minimum atomic E-state index is -4.68. The van der Waals surface area contributed by atoms with E-state index in [1.807, 2.05) is 30.3 Å². The van der Waals surface area contributed by atoms with Gasteiger partial charge in [-0.25, -0.2) is 0 Å². The fourth-order valence-electron chi connectivity index (χ4n) is 2.88. The number of likely N-dealkylation sites (N-methyl/N-ethyl adjacent to an activating group) is 1. The second kappa shape index (κ2) is 9.84. The number of aromatic nitrogens is 2. The van der Waals surface area contributed by atoms with Crippen molar-refractivity contribution in [3.8, 4) is 11.6 Å². The van der Waals surface area contributed by atoms with Crippen LogP contribution < -0.4 is 15.4 Å². The Hall–Kier alpha value is -3.04. The van der Waals surface area contributed by atoms with E-state index in [1.165, 1.54) is 12.1 Å². The van der Waals surface area contributed by atoms with Gasteiger partial charge >= 0.3 is 6.18 Å². The summed E-state index contributed by atoms with van der Waals surface area (Å²) in [4.78, 5) is 12.2. The third kappa shape index (κ3) is 5.77. The number of benzene rings is 2. The molecule has 1 atom stereocenters. The summed E-state index contributed by atoms with van der Waals surface area (Å²) >= 11 is 6.09. The summed E-state index contributed by atoms with van der Waals surface area (Å²) in [6.45, 7) is -0.209. The van der Waals surface area contributed by atoms with Crippen molar-refractivity contribution < 1.29 is 22.7 Å². The van der Waals surface area contributed by atoms with Crippen LogP contribution in [0.3, 0.4) is 0 Å². The van der Waals surface area contributed by atoms with Crippen molar-refractivity contribution in [2.45, 2.75) is 12.2 Å². The molecule has 31 heavy (non-hydrogen) atoms. The molecule has 0 aliphatic carbocycles. The highest BCUT2D eigenvalue weighted by molar-refractivity contribution is 6.32. The highest BCUT2D eigenvalue weighted by Crippen LogP contribution is 2.33. The summed E-state index contributed by atoms with van der Waals surface area (Å²) in [5.41, 5.74) is 0.0365. The Morgan fingerprint density at radius 2 is 1.84 bits per heavy atom. The van der Waals surface area contributed by atoms with Gasteiger partial charge in [-0.1, -0.05) is 54.1 Å². The normalized spacial score (nSPS) is 12.4. The van der Waals surface area contributed by atoms with Gasteiger partial charge in [-0.2, -0.15) is 23.0 Å². The van der Waals surface area contributed by atoms with Crippen molar-refractivity contribution in [3.05, 3.63) is 76.9 Å². The average molecular weight is 453 g/mol. The van der Waals surface area contributed by atoms with E-state index in [0.717, 1.165) is 16.3 Å². The summed E-state index contributed by atoms with van der Waals surface area (Å²) in [7, 11) is 1.77. The number of carbonyl (C=O) groups is 1. The standard InChI is InChI=1S/C21H20ClF3N4O2/c1-26-16(14-7-3-2-4-8-14)12-27-19(30)13-31-20-11-18(21(23,24)25)28-29(20)17-10-6-5-9-15(17)22/h2-11,16,26H,12-13H2,1H3,(H,27,30). The lowest BCUT2D eigenvalue weighted by molar-refractivity contribution is -0.141. The van der Waals surface area contributed by atoms with Gasteiger partial charge < -0.3 is 15.4 Å². The number of amides is 1. The molecular formula is C21H20ClF3N4O2. The SMILES string of the molecule is CNC(CNC(=O)COc1cc(C(F)(F)F)nn1-c1ccccc1Cl)c1ccccc1. The number of hydrogen-bond acceptors (Lipinski definition) is 4. The highest BCUT2D eigenvalue weighted by atomic mass is 35.5. The monoisotopic (exact) mass is 452 g/mol.